The highest BCUT2D eigenvalue weighted by molar-refractivity contribution is 8.00. The number of hydrogen-bond donors (Lipinski definition) is 0. The summed E-state index contributed by atoms with van der Waals surface area (Å²) in [7, 11) is 2.21. The normalized spacial score (nSPS) is 57.0. The Labute approximate surface area is 48.1 Å². The highest BCUT2D eigenvalue weighted by Gasteiger charge is 2.48. The molecule has 0 radical (unpaired) electrons. The van der Waals surface area contributed by atoms with Crippen LogP contribution in [0.4, 0.5) is 0 Å². The second-order valence-electron chi connectivity index (χ2n) is 2.28. The van der Waals surface area contributed by atoms with E-state index in [-0.39, 0.29) is 0 Å². The van der Waals surface area contributed by atoms with Crippen LogP contribution in [0.15, 0.2) is 0 Å². The van der Waals surface area contributed by atoms with Crippen molar-refractivity contribution in [2.45, 2.75) is 17.8 Å². The first kappa shape index (κ1) is 4.21. The molecule has 0 aromatic rings. The molecule has 1 nitrogen and oxygen atoms in total. The van der Waals surface area contributed by atoms with Crippen LogP contribution in [0.1, 0.15) is 6.42 Å². The summed E-state index contributed by atoms with van der Waals surface area (Å²) < 4.78 is 0. The van der Waals surface area contributed by atoms with Crippen molar-refractivity contribution < 1.29 is 0 Å². The van der Waals surface area contributed by atoms with Gasteiger partial charge >= 0.3 is 0 Å². The van der Waals surface area contributed by atoms with Crippen LogP contribution in [-0.2, 0) is 0 Å². The lowest BCUT2D eigenvalue weighted by molar-refractivity contribution is 0.594. The van der Waals surface area contributed by atoms with Gasteiger partial charge in [-0.15, -0.1) is 11.8 Å². The van der Waals surface area contributed by atoms with Crippen molar-refractivity contribution >= 4 is 11.8 Å². The third kappa shape index (κ3) is 0.441. The van der Waals surface area contributed by atoms with E-state index in [9.17, 15) is 0 Å². The van der Waals surface area contributed by atoms with Gasteiger partial charge in [0.1, 0.15) is 0 Å². The van der Waals surface area contributed by atoms with Gasteiger partial charge in [-0.3, -0.25) is 4.90 Å². The van der Waals surface area contributed by atoms with Crippen LogP contribution < -0.4 is 0 Å². The molecule has 0 bridgehead atoms. The van der Waals surface area contributed by atoms with Crippen molar-refractivity contribution in [3.05, 3.63) is 0 Å². The second kappa shape index (κ2) is 1.17. The lowest BCUT2D eigenvalue weighted by Gasteiger charge is -1.94. The summed E-state index contributed by atoms with van der Waals surface area (Å²) in [6.45, 7) is 0. The standard InChI is InChI=1S/C5H9NS/c1-6-4-2-3-7-5(4)6/h4-5H,2-3H2,1H3. The molecule has 3 atom stereocenters. The van der Waals surface area contributed by atoms with E-state index >= 15 is 0 Å². The molecule has 0 aliphatic carbocycles. The third-order valence-electron chi connectivity index (χ3n) is 1.87. The van der Waals surface area contributed by atoms with Crippen molar-refractivity contribution in [2.75, 3.05) is 12.8 Å². The van der Waals surface area contributed by atoms with E-state index in [1.54, 1.807) is 0 Å². The minimum Gasteiger partial charge on any atom is -0.288 e. The Balaban J connectivity index is 2.06. The molecule has 0 spiro atoms. The fraction of sp³-hybridized carbons (Fsp3) is 1.00. The Morgan fingerprint density at radius 3 is 2.86 bits per heavy atom. The van der Waals surface area contributed by atoms with Gasteiger partial charge in [-0.05, 0) is 19.2 Å². The Morgan fingerprint density at radius 1 is 1.71 bits per heavy atom. The predicted octanol–water partition coefficient (Wildman–Crippen LogP) is 0.763. The topological polar surface area (TPSA) is 3.01 Å². The zero-order valence-electron chi connectivity index (χ0n) is 4.42. The van der Waals surface area contributed by atoms with Crippen LogP contribution in [0, 0.1) is 0 Å². The van der Waals surface area contributed by atoms with E-state index in [2.05, 4.69) is 23.7 Å². The van der Waals surface area contributed by atoms with E-state index in [0.717, 1.165) is 11.4 Å². The largest absolute Gasteiger partial charge is 0.288 e. The van der Waals surface area contributed by atoms with Crippen LogP contribution in [0.25, 0.3) is 0 Å². The zero-order chi connectivity index (χ0) is 4.85. The Bertz CT molecular complexity index is 84.1. The van der Waals surface area contributed by atoms with Crippen LogP contribution in [0.5, 0.6) is 0 Å². The van der Waals surface area contributed by atoms with Gasteiger partial charge in [-0.25, -0.2) is 0 Å². The minimum absolute atomic E-state index is 0.931. The maximum Gasteiger partial charge on any atom is 0.0716 e. The van der Waals surface area contributed by atoms with E-state index in [4.69, 9.17) is 0 Å². The lowest BCUT2D eigenvalue weighted by Crippen LogP contribution is -1.95. The van der Waals surface area contributed by atoms with Gasteiger partial charge in [0, 0.05) is 6.04 Å². The molecule has 2 aliphatic heterocycles. The molecule has 0 saturated carbocycles. The summed E-state index contributed by atoms with van der Waals surface area (Å²) in [6, 6.07) is 0.977. The summed E-state index contributed by atoms with van der Waals surface area (Å²) in [5, 5.41) is 0.931. The molecule has 7 heavy (non-hydrogen) atoms. The van der Waals surface area contributed by atoms with Crippen LogP contribution in [-0.4, -0.2) is 29.1 Å². The van der Waals surface area contributed by atoms with Gasteiger partial charge in [-0.2, -0.15) is 0 Å². The van der Waals surface area contributed by atoms with Crippen LogP contribution in [0.2, 0.25) is 0 Å². The Hall–Kier alpha value is 0.310. The number of nitrogens with zero attached hydrogens (tertiary/aromatic N) is 1. The zero-order valence-corrected chi connectivity index (χ0v) is 5.24. The highest BCUT2D eigenvalue weighted by atomic mass is 32.2. The van der Waals surface area contributed by atoms with Gasteiger partial charge in [-0.1, -0.05) is 0 Å². The number of fused-ring (bicyclic) bond motifs is 1. The van der Waals surface area contributed by atoms with E-state index in [0.29, 0.717) is 0 Å². The molecule has 0 amide bonds. The average molecular weight is 115 g/mol. The third-order valence-corrected chi connectivity index (χ3v) is 3.33. The molecule has 2 heteroatoms. The smallest absolute Gasteiger partial charge is 0.0716 e. The first-order valence-corrected chi connectivity index (χ1v) is 3.78. The molecule has 2 rings (SSSR count). The predicted molar refractivity (Wildman–Crippen MR) is 32.4 cm³/mol. The van der Waals surface area contributed by atoms with E-state index in [1.807, 2.05) is 0 Å². The monoisotopic (exact) mass is 115 g/mol. The SMILES string of the molecule is CN1C2CCSC21. The minimum atomic E-state index is 0.931. The van der Waals surface area contributed by atoms with Crippen molar-refractivity contribution in [3.8, 4) is 0 Å². The molecule has 3 unspecified atom stereocenters. The Morgan fingerprint density at radius 2 is 2.57 bits per heavy atom. The molecular weight excluding hydrogens is 106 g/mol. The summed E-state index contributed by atoms with van der Waals surface area (Å²) in [4.78, 5) is 2.44. The lowest BCUT2D eigenvalue weighted by atomic mass is 10.4. The molecule has 2 fully saturated rings. The second-order valence-corrected chi connectivity index (χ2v) is 3.51. The van der Waals surface area contributed by atoms with Crippen molar-refractivity contribution in [1.29, 1.82) is 0 Å². The fourth-order valence-corrected chi connectivity index (χ4v) is 2.75. The molecule has 0 aromatic carbocycles. The number of rotatable bonds is 0. The molecular formula is C5H9NS. The summed E-state index contributed by atoms with van der Waals surface area (Å²) in [5.41, 5.74) is 0. The van der Waals surface area contributed by atoms with E-state index in [1.165, 1.54) is 12.2 Å². The molecule has 0 N–H and O–H groups in total. The first-order valence-electron chi connectivity index (χ1n) is 2.73. The molecule has 0 aromatic heterocycles. The Kier molecular flexibility index (Phi) is 0.707. The quantitative estimate of drug-likeness (QED) is 0.429. The van der Waals surface area contributed by atoms with E-state index < -0.39 is 0 Å². The number of likely N-dealkylation sites (N-methyl/N-ethyl adjacent to an activating group) is 1. The maximum absolute atomic E-state index is 2.44. The molecule has 2 heterocycles. The van der Waals surface area contributed by atoms with Crippen LogP contribution in [0.3, 0.4) is 0 Å². The van der Waals surface area contributed by atoms with Crippen LogP contribution >= 0.6 is 11.8 Å². The van der Waals surface area contributed by atoms with Gasteiger partial charge in [0.25, 0.3) is 0 Å². The van der Waals surface area contributed by atoms with Gasteiger partial charge in [0.15, 0.2) is 0 Å². The van der Waals surface area contributed by atoms with Gasteiger partial charge in [0.05, 0.1) is 5.37 Å². The van der Waals surface area contributed by atoms with Gasteiger partial charge in [0.2, 0.25) is 0 Å². The van der Waals surface area contributed by atoms with Crippen molar-refractivity contribution in [1.82, 2.24) is 4.90 Å². The van der Waals surface area contributed by atoms with Crippen molar-refractivity contribution in [2.24, 2.45) is 0 Å². The first-order chi connectivity index (χ1) is 3.39. The number of hydrogen-bond acceptors (Lipinski definition) is 2. The summed E-state index contributed by atoms with van der Waals surface area (Å²) >= 11 is 2.11. The maximum atomic E-state index is 2.44. The fourth-order valence-electron chi connectivity index (χ4n) is 1.26. The highest BCUT2D eigenvalue weighted by Crippen LogP contribution is 2.44. The molecule has 40 valence electrons. The number of thioether (sulfide) groups is 1. The summed E-state index contributed by atoms with van der Waals surface area (Å²) in [5.74, 6) is 1.40. The van der Waals surface area contributed by atoms with Gasteiger partial charge < -0.3 is 0 Å². The molecule has 2 aliphatic rings. The van der Waals surface area contributed by atoms with Crippen molar-refractivity contribution in [3.63, 3.8) is 0 Å². The summed E-state index contributed by atoms with van der Waals surface area (Å²) in [6.07, 6.45) is 1.44. The molecule has 2 saturated heterocycles. The average Bonchev–Trinajstić information content (AvgIpc) is 2.26.